The molecule has 0 aromatic heterocycles. The maximum atomic E-state index is 11.5. The normalized spacial score (nSPS) is 15.8. The third kappa shape index (κ3) is 18.7. The second-order valence-corrected chi connectivity index (χ2v) is 13.9. The Hall–Kier alpha value is -3.74. The van der Waals surface area contributed by atoms with Crippen LogP contribution in [0.1, 0.15) is 123 Å². The van der Waals surface area contributed by atoms with E-state index >= 15 is 0 Å². The van der Waals surface area contributed by atoms with Crippen LogP contribution in [0.4, 0.5) is 5.69 Å². The minimum absolute atomic E-state index is 0.112. The van der Waals surface area contributed by atoms with Crippen molar-refractivity contribution in [3.8, 4) is 5.75 Å². The van der Waals surface area contributed by atoms with Crippen LogP contribution in [0.3, 0.4) is 0 Å². The molecule has 2 aromatic rings. The standard InChI is InChI=1S/C13H19NO.C11H19NO.C10H18N2O.C9H12O.C2H6/c1-3-7-11-9-5-6-10-12(11)14-13(15)8-4-2;1-4-11(13-5-2)12-8-6-10(3)7-9-12;13-9-11-7-3-10(4-8-11)12-5-1-2-6-12;1-3-8-6-7(2)4-5-9(8)10;1-2/h5-6,9-10H,3-4,7-8H2,1-2H3,(H,14,15);10H,1,5-9H2,2-3H3;9-10H,1-8H2;4-6,10H,3H2,1-2H3;1-2H3. The highest BCUT2D eigenvalue weighted by atomic mass is 16.5. The van der Waals surface area contributed by atoms with Gasteiger partial charge in [-0.1, -0.05) is 96.2 Å². The summed E-state index contributed by atoms with van der Waals surface area (Å²) < 4.78 is 5.43. The fraction of sp³-hybridized carbons (Fsp3) is 0.622. The molecular formula is C45H74N4O4. The van der Waals surface area contributed by atoms with Crippen LogP contribution >= 0.6 is 0 Å². The Kier molecular flexibility index (Phi) is 25.6. The number of phenolic OH excluding ortho intramolecular Hbond substituents is 1. The number of aromatic hydroxyl groups is 1. The van der Waals surface area contributed by atoms with Crippen molar-refractivity contribution in [2.45, 2.75) is 132 Å². The third-order valence-electron chi connectivity index (χ3n) is 9.71. The molecule has 2 aromatic carbocycles. The molecule has 8 nitrogen and oxygen atoms in total. The van der Waals surface area contributed by atoms with E-state index in [4.69, 9.17) is 4.74 Å². The second kappa shape index (κ2) is 28.7. The lowest BCUT2D eigenvalue weighted by atomic mass is 9.99. The Balaban J connectivity index is 0.000000350. The number of aryl methyl sites for hydroxylation is 3. The van der Waals surface area contributed by atoms with Gasteiger partial charge >= 0.3 is 0 Å². The molecular weight excluding hydrogens is 661 g/mol. The number of nitrogens with zero attached hydrogens (tertiary/aromatic N) is 3. The second-order valence-electron chi connectivity index (χ2n) is 13.9. The average Bonchev–Trinajstić information content (AvgIpc) is 3.73. The lowest BCUT2D eigenvalue weighted by Gasteiger charge is -2.34. The molecule has 0 aliphatic carbocycles. The van der Waals surface area contributed by atoms with Gasteiger partial charge in [0.15, 0.2) is 0 Å². The van der Waals surface area contributed by atoms with Crippen LogP contribution in [0.2, 0.25) is 0 Å². The van der Waals surface area contributed by atoms with Crippen molar-refractivity contribution < 1.29 is 19.4 Å². The first-order valence-corrected chi connectivity index (χ1v) is 20.6. The summed E-state index contributed by atoms with van der Waals surface area (Å²) in [7, 11) is 0. The lowest BCUT2D eigenvalue weighted by molar-refractivity contribution is -0.119. The first kappa shape index (κ1) is 47.3. The van der Waals surface area contributed by atoms with Gasteiger partial charge in [-0.15, -0.1) is 0 Å². The quantitative estimate of drug-likeness (QED) is 0.136. The molecule has 2 N–H and O–H groups in total. The van der Waals surface area contributed by atoms with E-state index in [1.807, 2.05) is 76.8 Å². The monoisotopic (exact) mass is 735 g/mol. The van der Waals surface area contributed by atoms with Crippen molar-refractivity contribution >= 4 is 18.0 Å². The number of ether oxygens (including phenoxy) is 1. The van der Waals surface area contributed by atoms with Gasteiger partial charge in [0.1, 0.15) is 5.75 Å². The molecule has 53 heavy (non-hydrogen) atoms. The molecule has 3 saturated heterocycles. The third-order valence-corrected chi connectivity index (χ3v) is 9.71. The highest BCUT2D eigenvalue weighted by molar-refractivity contribution is 5.91. The Morgan fingerprint density at radius 1 is 0.925 bits per heavy atom. The lowest BCUT2D eigenvalue weighted by Crippen LogP contribution is -2.43. The van der Waals surface area contributed by atoms with E-state index in [0.717, 1.165) is 87.4 Å². The number of amides is 2. The first-order valence-electron chi connectivity index (χ1n) is 20.6. The molecule has 0 spiro atoms. The maximum absolute atomic E-state index is 11.5. The predicted octanol–water partition coefficient (Wildman–Crippen LogP) is 9.75. The maximum Gasteiger partial charge on any atom is 0.235 e. The molecule has 298 valence electrons. The molecule has 3 heterocycles. The van der Waals surface area contributed by atoms with Crippen LogP contribution in [0.5, 0.6) is 5.75 Å². The van der Waals surface area contributed by atoms with Gasteiger partial charge in [0, 0.05) is 44.3 Å². The SMILES string of the molecule is C=C=C(OCC)N1CCC(C)CC1.CC.CCCC(=O)Nc1ccccc1CCC.CCc1cc(C)ccc1O.O=CN1CCC(N2CCCC2)CC1. The zero-order valence-corrected chi connectivity index (χ0v) is 34.7. The number of piperidine rings is 2. The highest BCUT2D eigenvalue weighted by Crippen LogP contribution is 2.22. The van der Waals surface area contributed by atoms with E-state index in [2.05, 4.69) is 47.3 Å². The first-order chi connectivity index (χ1) is 25.7. The fourth-order valence-corrected chi connectivity index (χ4v) is 6.63. The topological polar surface area (TPSA) is 85.3 Å². The summed E-state index contributed by atoms with van der Waals surface area (Å²) in [5.74, 6) is 2.20. The number of carbonyl (C=O) groups is 2. The van der Waals surface area contributed by atoms with Gasteiger partial charge in [-0.2, -0.15) is 0 Å². The number of rotatable bonds is 11. The number of para-hydroxylation sites is 1. The Labute approximate surface area is 323 Å². The Bertz CT molecular complexity index is 1320. The average molecular weight is 735 g/mol. The van der Waals surface area contributed by atoms with Crippen molar-refractivity contribution in [1.29, 1.82) is 0 Å². The minimum atomic E-state index is 0.112. The predicted molar refractivity (Wildman–Crippen MR) is 223 cm³/mol. The summed E-state index contributed by atoms with van der Waals surface area (Å²) in [4.78, 5) is 28.7. The molecule has 2 amide bonds. The molecule has 0 atom stereocenters. The zero-order valence-electron chi connectivity index (χ0n) is 34.7. The van der Waals surface area contributed by atoms with Gasteiger partial charge in [0.05, 0.1) is 6.61 Å². The molecule has 3 aliphatic rings. The molecule has 0 bridgehead atoms. The van der Waals surface area contributed by atoms with Crippen LogP contribution in [0.25, 0.3) is 0 Å². The summed E-state index contributed by atoms with van der Waals surface area (Å²) in [6, 6.07) is 14.4. The van der Waals surface area contributed by atoms with Gasteiger partial charge in [-0.25, -0.2) is 0 Å². The van der Waals surface area contributed by atoms with Crippen molar-refractivity contribution in [1.82, 2.24) is 14.7 Å². The molecule has 0 saturated carbocycles. The van der Waals surface area contributed by atoms with E-state index in [1.54, 1.807) is 6.07 Å². The van der Waals surface area contributed by atoms with Crippen molar-refractivity contribution in [2.24, 2.45) is 5.92 Å². The summed E-state index contributed by atoms with van der Waals surface area (Å²) in [6.07, 6.45) is 13.1. The Morgan fingerprint density at radius 2 is 1.57 bits per heavy atom. The van der Waals surface area contributed by atoms with Gasteiger partial charge in [0.2, 0.25) is 18.2 Å². The minimum Gasteiger partial charge on any atom is -0.508 e. The van der Waals surface area contributed by atoms with E-state index in [1.165, 1.54) is 62.7 Å². The van der Waals surface area contributed by atoms with E-state index in [0.29, 0.717) is 18.8 Å². The number of hydrogen-bond donors (Lipinski definition) is 2. The Morgan fingerprint density at radius 3 is 2.09 bits per heavy atom. The number of benzene rings is 2. The number of anilines is 1. The van der Waals surface area contributed by atoms with Crippen molar-refractivity contribution in [2.75, 3.05) is 51.2 Å². The van der Waals surface area contributed by atoms with Gasteiger partial charge in [-0.3, -0.25) is 9.59 Å². The van der Waals surface area contributed by atoms with Gasteiger partial charge in [-0.05, 0) is 114 Å². The van der Waals surface area contributed by atoms with Crippen LogP contribution in [-0.4, -0.2) is 84.0 Å². The summed E-state index contributed by atoms with van der Waals surface area (Å²) >= 11 is 0. The van der Waals surface area contributed by atoms with E-state index in [9.17, 15) is 14.7 Å². The number of phenols is 1. The number of carbonyl (C=O) groups excluding carboxylic acids is 2. The van der Waals surface area contributed by atoms with Crippen molar-refractivity contribution in [3.05, 3.63) is 77.3 Å². The number of hydrogen-bond acceptors (Lipinski definition) is 6. The molecule has 8 heteroatoms. The van der Waals surface area contributed by atoms with Gasteiger partial charge < -0.3 is 29.9 Å². The van der Waals surface area contributed by atoms with Crippen LogP contribution in [-0.2, 0) is 27.2 Å². The van der Waals surface area contributed by atoms with E-state index in [-0.39, 0.29) is 5.91 Å². The molecule has 5 rings (SSSR count). The molecule has 0 radical (unpaired) electrons. The van der Waals surface area contributed by atoms with Crippen LogP contribution < -0.4 is 5.32 Å². The van der Waals surface area contributed by atoms with Crippen LogP contribution in [0, 0.1) is 12.8 Å². The largest absolute Gasteiger partial charge is 0.508 e. The number of nitrogens with one attached hydrogen (secondary N) is 1. The summed E-state index contributed by atoms with van der Waals surface area (Å²) in [6.45, 7) is 27.5. The van der Waals surface area contributed by atoms with E-state index < -0.39 is 0 Å². The molecule has 3 fully saturated rings. The smallest absolute Gasteiger partial charge is 0.235 e. The van der Waals surface area contributed by atoms with Crippen LogP contribution in [0.15, 0.2) is 60.7 Å². The summed E-state index contributed by atoms with van der Waals surface area (Å²) in [5, 5.41) is 12.2. The van der Waals surface area contributed by atoms with Gasteiger partial charge in [0.25, 0.3) is 0 Å². The highest BCUT2D eigenvalue weighted by Gasteiger charge is 2.25. The number of likely N-dealkylation sites (tertiary alicyclic amines) is 3. The molecule has 3 aliphatic heterocycles. The summed E-state index contributed by atoms with van der Waals surface area (Å²) in [5.41, 5.74) is 7.29. The fourth-order valence-electron chi connectivity index (χ4n) is 6.63. The molecule has 0 unspecified atom stereocenters. The zero-order chi connectivity index (χ0) is 39.4. The van der Waals surface area contributed by atoms with Crippen molar-refractivity contribution in [3.63, 3.8) is 0 Å².